The third kappa shape index (κ3) is 6.12. The Labute approximate surface area is 173 Å². The van der Waals surface area contributed by atoms with E-state index in [0.717, 1.165) is 55.7 Å². The molecular formula is C23H31NO5. The fourth-order valence-corrected chi connectivity index (χ4v) is 3.52. The lowest BCUT2D eigenvalue weighted by molar-refractivity contribution is -0.180. The largest absolute Gasteiger partial charge is 0.463 e. The van der Waals surface area contributed by atoms with Gasteiger partial charge in [0.05, 0.1) is 19.8 Å². The van der Waals surface area contributed by atoms with Crippen molar-refractivity contribution in [1.82, 2.24) is 4.90 Å². The van der Waals surface area contributed by atoms with E-state index in [4.69, 9.17) is 25.4 Å². The molecule has 1 fully saturated rings. The number of carbonyl (C=O) groups excluding carboxylic acids is 1. The first-order chi connectivity index (χ1) is 14.0. The van der Waals surface area contributed by atoms with Crippen LogP contribution in [-0.4, -0.2) is 43.1 Å². The van der Waals surface area contributed by atoms with Gasteiger partial charge in [0.15, 0.2) is 0 Å². The number of fused-ring (bicyclic) bond motifs is 1. The molecule has 158 valence electrons. The highest BCUT2D eigenvalue weighted by Gasteiger charge is 2.33. The summed E-state index contributed by atoms with van der Waals surface area (Å²) in [5, 5.41) is 0. The number of ether oxygens (including phenoxy) is 4. The molecule has 0 aliphatic carbocycles. The summed E-state index contributed by atoms with van der Waals surface area (Å²) in [6.07, 6.45) is 9.51. The third-order valence-electron chi connectivity index (χ3n) is 5.13. The number of hydrogen-bond donors (Lipinski definition) is 0. The summed E-state index contributed by atoms with van der Waals surface area (Å²) in [5.41, 5.74) is 1.97. The van der Waals surface area contributed by atoms with Crippen molar-refractivity contribution < 1.29 is 23.7 Å². The van der Waals surface area contributed by atoms with E-state index < -0.39 is 5.79 Å². The van der Waals surface area contributed by atoms with Crippen molar-refractivity contribution in [2.24, 2.45) is 0 Å². The Morgan fingerprint density at radius 3 is 2.90 bits per heavy atom. The number of terminal acetylenes is 1. The molecule has 1 aromatic carbocycles. The molecule has 1 atom stereocenters. The van der Waals surface area contributed by atoms with Crippen LogP contribution in [0.5, 0.6) is 5.75 Å². The summed E-state index contributed by atoms with van der Waals surface area (Å²) < 4.78 is 22.6. The first-order valence-electron chi connectivity index (χ1n) is 10.4. The normalized spacial score (nSPS) is 20.0. The maximum absolute atomic E-state index is 12.2. The minimum atomic E-state index is -0.612. The van der Waals surface area contributed by atoms with Gasteiger partial charge < -0.3 is 23.8 Å². The van der Waals surface area contributed by atoms with Gasteiger partial charge >= 0.3 is 6.09 Å². The predicted octanol–water partition coefficient (Wildman–Crippen LogP) is 4.43. The van der Waals surface area contributed by atoms with Gasteiger partial charge in [-0.2, -0.15) is 0 Å². The van der Waals surface area contributed by atoms with Crippen LogP contribution in [0.4, 0.5) is 4.79 Å². The maximum Gasteiger partial charge on any atom is 0.410 e. The molecule has 0 saturated carbocycles. The van der Waals surface area contributed by atoms with Crippen LogP contribution in [-0.2, 0) is 20.8 Å². The number of unbranched alkanes of at least 4 members (excludes halogenated alkanes) is 3. The summed E-state index contributed by atoms with van der Waals surface area (Å²) in [4.78, 5) is 14.0. The number of amides is 1. The van der Waals surface area contributed by atoms with Crippen LogP contribution >= 0.6 is 0 Å². The Kier molecular flexibility index (Phi) is 7.40. The van der Waals surface area contributed by atoms with E-state index in [1.54, 1.807) is 4.90 Å². The van der Waals surface area contributed by atoms with Gasteiger partial charge in [-0.3, -0.25) is 0 Å². The highest BCUT2D eigenvalue weighted by Crippen LogP contribution is 2.35. The van der Waals surface area contributed by atoms with E-state index in [9.17, 15) is 4.79 Å². The molecule has 29 heavy (non-hydrogen) atoms. The second kappa shape index (κ2) is 10.00. The SMILES string of the molecule is C#CCCOCCCCCCN1CC(c2ccc3c(c2)COC(C)(C)O3)OC1=O. The first-order valence-corrected chi connectivity index (χ1v) is 10.4. The molecule has 1 amide bonds. The van der Waals surface area contributed by atoms with E-state index in [0.29, 0.717) is 26.2 Å². The standard InChI is InChI=1S/C23H31NO5/c1-4-5-13-26-14-9-7-6-8-12-24-16-21(28-22(24)25)18-10-11-20-19(15-18)17-27-23(2,3)29-20/h1,10-11,15,21H,5-9,12-14,16-17H2,2-3H3. The van der Waals surface area contributed by atoms with Crippen LogP contribution in [0.2, 0.25) is 0 Å². The molecule has 1 aromatic rings. The van der Waals surface area contributed by atoms with E-state index in [-0.39, 0.29) is 12.2 Å². The quantitative estimate of drug-likeness (QED) is 0.429. The van der Waals surface area contributed by atoms with Gasteiger partial charge in [0, 0.05) is 39.0 Å². The second-order valence-electron chi connectivity index (χ2n) is 7.96. The van der Waals surface area contributed by atoms with Crippen molar-refractivity contribution in [2.75, 3.05) is 26.3 Å². The van der Waals surface area contributed by atoms with Gasteiger partial charge in [0.2, 0.25) is 5.79 Å². The van der Waals surface area contributed by atoms with Crippen LogP contribution in [0.15, 0.2) is 18.2 Å². The molecule has 0 spiro atoms. The van der Waals surface area contributed by atoms with Gasteiger partial charge in [0.1, 0.15) is 11.9 Å². The minimum Gasteiger partial charge on any atom is -0.463 e. The molecule has 2 aliphatic heterocycles. The van der Waals surface area contributed by atoms with Gasteiger partial charge in [-0.25, -0.2) is 4.79 Å². The zero-order chi connectivity index (χ0) is 20.7. The van der Waals surface area contributed by atoms with E-state index in [2.05, 4.69) is 5.92 Å². The fraction of sp³-hybridized carbons (Fsp3) is 0.609. The number of benzene rings is 1. The Morgan fingerprint density at radius 2 is 2.07 bits per heavy atom. The molecule has 2 aliphatic rings. The highest BCUT2D eigenvalue weighted by molar-refractivity contribution is 5.70. The van der Waals surface area contributed by atoms with Crippen LogP contribution in [0.3, 0.4) is 0 Å². The van der Waals surface area contributed by atoms with E-state index >= 15 is 0 Å². The smallest absolute Gasteiger partial charge is 0.410 e. The van der Waals surface area contributed by atoms with E-state index in [1.165, 1.54) is 0 Å². The first kappa shape index (κ1) is 21.5. The highest BCUT2D eigenvalue weighted by atomic mass is 16.7. The Balaban J connectivity index is 1.40. The number of hydrogen-bond acceptors (Lipinski definition) is 5. The summed E-state index contributed by atoms with van der Waals surface area (Å²) >= 11 is 0. The number of carbonyl (C=O) groups is 1. The summed E-state index contributed by atoms with van der Waals surface area (Å²) in [5.74, 6) is 2.78. The van der Waals surface area contributed by atoms with E-state index in [1.807, 2.05) is 32.0 Å². The summed E-state index contributed by atoms with van der Waals surface area (Å²) in [7, 11) is 0. The minimum absolute atomic E-state index is 0.237. The monoisotopic (exact) mass is 401 g/mol. The summed E-state index contributed by atoms with van der Waals surface area (Å²) in [6, 6.07) is 5.94. The third-order valence-corrected chi connectivity index (χ3v) is 5.13. The summed E-state index contributed by atoms with van der Waals surface area (Å²) in [6.45, 7) is 6.97. The molecular weight excluding hydrogens is 370 g/mol. The molecule has 2 heterocycles. The zero-order valence-corrected chi connectivity index (χ0v) is 17.4. The lowest BCUT2D eigenvalue weighted by Gasteiger charge is -2.32. The molecule has 0 N–H and O–H groups in total. The number of cyclic esters (lactones) is 1. The average Bonchev–Trinajstić information content (AvgIpc) is 3.06. The molecule has 6 heteroatoms. The molecule has 0 bridgehead atoms. The average molecular weight is 402 g/mol. The van der Waals surface area contributed by atoms with Crippen molar-refractivity contribution in [2.45, 2.75) is 64.4 Å². The zero-order valence-electron chi connectivity index (χ0n) is 17.4. The number of nitrogens with zero attached hydrogens (tertiary/aromatic N) is 1. The van der Waals surface area contributed by atoms with Gasteiger partial charge in [-0.15, -0.1) is 12.3 Å². The molecule has 6 nitrogen and oxygen atoms in total. The Hall–Kier alpha value is -2.23. The van der Waals surface area contributed by atoms with Gasteiger partial charge in [-0.1, -0.05) is 18.9 Å². The lowest BCUT2D eigenvalue weighted by atomic mass is 10.0. The molecule has 0 aromatic heterocycles. The van der Waals surface area contributed by atoms with Crippen LogP contribution in [0, 0.1) is 12.3 Å². The Bertz CT molecular complexity index is 739. The van der Waals surface area contributed by atoms with Crippen molar-refractivity contribution in [3.05, 3.63) is 29.3 Å². The topological polar surface area (TPSA) is 57.2 Å². The van der Waals surface area contributed by atoms with Crippen molar-refractivity contribution >= 4 is 6.09 Å². The Morgan fingerprint density at radius 1 is 1.24 bits per heavy atom. The van der Waals surface area contributed by atoms with Crippen LogP contribution in [0.25, 0.3) is 0 Å². The van der Waals surface area contributed by atoms with Gasteiger partial charge in [0.25, 0.3) is 0 Å². The van der Waals surface area contributed by atoms with Crippen molar-refractivity contribution in [3.8, 4) is 18.1 Å². The maximum atomic E-state index is 12.2. The van der Waals surface area contributed by atoms with Gasteiger partial charge in [-0.05, 0) is 30.5 Å². The fourth-order valence-electron chi connectivity index (χ4n) is 3.52. The lowest BCUT2D eigenvalue weighted by Crippen LogP contribution is -2.35. The molecule has 1 unspecified atom stereocenters. The molecule has 0 radical (unpaired) electrons. The van der Waals surface area contributed by atoms with Crippen LogP contribution < -0.4 is 4.74 Å². The molecule has 1 saturated heterocycles. The predicted molar refractivity (Wildman–Crippen MR) is 109 cm³/mol. The van der Waals surface area contributed by atoms with Crippen LogP contribution in [0.1, 0.15) is 63.2 Å². The van der Waals surface area contributed by atoms with Crippen molar-refractivity contribution in [3.63, 3.8) is 0 Å². The number of rotatable bonds is 10. The van der Waals surface area contributed by atoms with Crippen molar-refractivity contribution in [1.29, 1.82) is 0 Å². The second-order valence-corrected chi connectivity index (χ2v) is 7.96. The molecule has 3 rings (SSSR count).